The SMILES string of the molecule is CNCc1cccc(NS(=O)(=O)c2cccs2)c1. The zero-order chi connectivity index (χ0) is 13.0. The van der Waals surface area contributed by atoms with Crippen molar-refractivity contribution >= 4 is 27.0 Å². The molecule has 0 fully saturated rings. The first-order chi connectivity index (χ1) is 8.62. The van der Waals surface area contributed by atoms with E-state index in [4.69, 9.17) is 0 Å². The Morgan fingerprint density at radius 1 is 1.22 bits per heavy atom. The first-order valence-corrected chi connectivity index (χ1v) is 7.78. The summed E-state index contributed by atoms with van der Waals surface area (Å²) < 4.78 is 26.9. The highest BCUT2D eigenvalue weighted by atomic mass is 32.2. The van der Waals surface area contributed by atoms with Crippen LogP contribution in [-0.2, 0) is 16.6 Å². The first-order valence-electron chi connectivity index (χ1n) is 5.42. The lowest BCUT2D eigenvalue weighted by Crippen LogP contribution is -2.12. The summed E-state index contributed by atoms with van der Waals surface area (Å²) in [4.78, 5) is 0. The predicted octanol–water partition coefficient (Wildman–Crippen LogP) is 2.27. The van der Waals surface area contributed by atoms with Gasteiger partial charge in [0.2, 0.25) is 0 Å². The molecule has 4 nitrogen and oxygen atoms in total. The molecule has 2 N–H and O–H groups in total. The molecule has 0 atom stereocenters. The summed E-state index contributed by atoms with van der Waals surface area (Å²) in [6, 6.07) is 10.6. The van der Waals surface area contributed by atoms with Gasteiger partial charge in [0.05, 0.1) is 0 Å². The van der Waals surface area contributed by atoms with Gasteiger partial charge in [0.25, 0.3) is 10.0 Å². The molecule has 0 bridgehead atoms. The molecular weight excluding hydrogens is 268 g/mol. The lowest BCUT2D eigenvalue weighted by atomic mass is 10.2. The van der Waals surface area contributed by atoms with E-state index in [0.29, 0.717) is 16.4 Å². The van der Waals surface area contributed by atoms with E-state index in [2.05, 4.69) is 10.0 Å². The average Bonchev–Trinajstić information content (AvgIpc) is 2.83. The van der Waals surface area contributed by atoms with E-state index in [1.807, 2.05) is 25.2 Å². The van der Waals surface area contributed by atoms with Gasteiger partial charge in [-0.05, 0) is 36.2 Å². The molecule has 0 saturated heterocycles. The molecule has 0 spiro atoms. The molecule has 0 amide bonds. The lowest BCUT2D eigenvalue weighted by Gasteiger charge is -2.08. The van der Waals surface area contributed by atoms with Gasteiger partial charge in [-0.3, -0.25) is 4.72 Å². The predicted molar refractivity (Wildman–Crippen MR) is 74.3 cm³/mol. The minimum absolute atomic E-state index is 0.321. The summed E-state index contributed by atoms with van der Waals surface area (Å²) in [6.45, 7) is 0.703. The Kier molecular flexibility index (Phi) is 4.00. The maximum Gasteiger partial charge on any atom is 0.271 e. The quantitative estimate of drug-likeness (QED) is 0.884. The molecule has 2 aromatic rings. The third-order valence-corrected chi connectivity index (χ3v) is 5.10. The molecule has 1 aromatic carbocycles. The van der Waals surface area contributed by atoms with Crippen LogP contribution in [0.25, 0.3) is 0 Å². The second-order valence-electron chi connectivity index (χ2n) is 3.77. The summed E-state index contributed by atoms with van der Waals surface area (Å²) >= 11 is 1.20. The van der Waals surface area contributed by atoms with Crippen molar-refractivity contribution in [1.82, 2.24) is 5.32 Å². The monoisotopic (exact) mass is 282 g/mol. The van der Waals surface area contributed by atoms with Crippen LogP contribution in [0.4, 0.5) is 5.69 Å². The highest BCUT2D eigenvalue weighted by Crippen LogP contribution is 2.20. The fraction of sp³-hybridized carbons (Fsp3) is 0.167. The first kappa shape index (κ1) is 13.1. The molecular formula is C12H14N2O2S2. The second-order valence-corrected chi connectivity index (χ2v) is 6.63. The molecule has 0 aliphatic carbocycles. The number of rotatable bonds is 5. The van der Waals surface area contributed by atoms with Gasteiger partial charge < -0.3 is 5.32 Å². The molecule has 6 heteroatoms. The molecule has 1 aromatic heterocycles. The number of anilines is 1. The van der Waals surface area contributed by atoms with Gasteiger partial charge in [-0.2, -0.15) is 0 Å². The Bertz CT molecular complexity index is 607. The van der Waals surface area contributed by atoms with Crippen LogP contribution >= 0.6 is 11.3 Å². The third-order valence-electron chi connectivity index (χ3n) is 2.32. The number of thiophene rings is 1. The van der Waals surface area contributed by atoms with Gasteiger partial charge in [-0.15, -0.1) is 11.3 Å². The summed E-state index contributed by atoms with van der Waals surface area (Å²) in [5, 5.41) is 4.77. The molecule has 18 heavy (non-hydrogen) atoms. The van der Waals surface area contributed by atoms with Gasteiger partial charge in [0, 0.05) is 12.2 Å². The number of sulfonamides is 1. The third kappa shape index (κ3) is 3.10. The highest BCUT2D eigenvalue weighted by Gasteiger charge is 2.14. The zero-order valence-corrected chi connectivity index (χ0v) is 11.5. The van der Waals surface area contributed by atoms with Gasteiger partial charge in [-0.25, -0.2) is 8.42 Å². The molecule has 0 unspecified atom stereocenters. The fourth-order valence-corrected chi connectivity index (χ4v) is 3.61. The van der Waals surface area contributed by atoms with Crippen molar-refractivity contribution in [3.8, 4) is 0 Å². The van der Waals surface area contributed by atoms with Gasteiger partial charge >= 0.3 is 0 Å². The summed E-state index contributed by atoms with van der Waals surface area (Å²) in [5.74, 6) is 0. The molecule has 2 rings (SSSR count). The Labute approximate surface area is 111 Å². The molecule has 96 valence electrons. The minimum atomic E-state index is -3.45. The molecule has 0 radical (unpaired) electrons. The van der Waals surface area contributed by atoms with E-state index < -0.39 is 10.0 Å². The van der Waals surface area contributed by atoms with E-state index in [1.54, 1.807) is 23.6 Å². The van der Waals surface area contributed by atoms with Crippen LogP contribution in [-0.4, -0.2) is 15.5 Å². The van der Waals surface area contributed by atoms with Crippen molar-refractivity contribution in [2.75, 3.05) is 11.8 Å². The molecule has 0 aliphatic rings. The van der Waals surface area contributed by atoms with Crippen LogP contribution in [0.1, 0.15) is 5.56 Å². The Morgan fingerprint density at radius 3 is 2.72 bits per heavy atom. The van der Waals surface area contributed by atoms with Gasteiger partial charge in [-0.1, -0.05) is 18.2 Å². The van der Waals surface area contributed by atoms with Crippen molar-refractivity contribution in [3.63, 3.8) is 0 Å². The second kappa shape index (κ2) is 5.51. The standard InChI is InChI=1S/C12H14N2O2S2/c1-13-9-10-4-2-5-11(8-10)14-18(15,16)12-6-3-7-17-12/h2-8,13-14H,9H2,1H3. The van der Waals surface area contributed by atoms with Crippen molar-refractivity contribution in [3.05, 3.63) is 47.3 Å². The molecule has 0 aliphatic heterocycles. The average molecular weight is 282 g/mol. The fourth-order valence-electron chi connectivity index (χ4n) is 1.57. The van der Waals surface area contributed by atoms with E-state index in [0.717, 1.165) is 5.56 Å². The topological polar surface area (TPSA) is 58.2 Å². The van der Waals surface area contributed by atoms with Crippen LogP contribution in [0.15, 0.2) is 46.0 Å². The number of nitrogens with one attached hydrogen (secondary N) is 2. The number of hydrogen-bond donors (Lipinski definition) is 2. The molecule has 1 heterocycles. The lowest BCUT2D eigenvalue weighted by molar-refractivity contribution is 0.603. The van der Waals surface area contributed by atoms with Gasteiger partial charge in [0.15, 0.2) is 0 Å². The van der Waals surface area contributed by atoms with Crippen molar-refractivity contribution in [2.24, 2.45) is 0 Å². The van der Waals surface area contributed by atoms with E-state index >= 15 is 0 Å². The maximum atomic E-state index is 12.0. The van der Waals surface area contributed by atoms with E-state index in [-0.39, 0.29) is 0 Å². The Hall–Kier alpha value is -1.37. The van der Waals surface area contributed by atoms with Crippen LogP contribution in [0.2, 0.25) is 0 Å². The largest absolute Gasteiger partial charge is 0.316 e. The summed E-state index contributed by atoms with van der Waals surface area (Å²) in [5.41, 5.74) is 1.61. The number of benzene rings is 1. The van der Waals surface area contributed by atoms with Crippen LogP contribution < -0.4 is 10.0 Å². The Balaban J connectivity index is 2.21. The number of hydrogen-bond acceptors (Lipinski definition) is 4. The van der Waals surface area contributed by atoms with Gasteiger partial charge in [0.1, 0.15) is 4.21 Å². The summed E-state index contributed by atoms with van der Waals surface area (Å²) in [6.07, 6.45) is 0. The van der Waals surface area contributed by atoms with E-state index in [1.165, 1.54) is 11.3 Å². The highest BCUT2D eigenvalue weighted by molar-refractivity contribution is 7.94. The van der Waals surface area contributed by atoms with Crippen LogP contribution in [0, 0.1) is 0 Å². The minimum Gasteiger partial charge on any atom is -0.316 e. The summed E-state index contributed by atoms with van der Waals surface area (Å²) in [7, 11) is -1.60. The normalized spacial score (nSPS) is 11.4. The van der Waals surface area contributed by atoms with Crippen molar-refractivity contribution in [2.45, 2.75) is 10.8 Å². The molecule has 0 saturated carbocycles. The van der Waals surface area contributed by atoms with Crippen molar-refractivity contribution in [1.29, 1.82) is 0 Å². The smallest absolute Gasteiger partial charge is 0.271 e. The van der Waals surface area contributed by atoms with Crippen LogP contribution in [0.3, 0.4) is 0 Å². The van der Waals surface area contributed by atoms with E-state index in [9.17, 15) is 8.42 Å². The maximum absolute atomic E-state index is 12.0. The van der Waals surface area contributed by atoms with Crippen LogP contribution in [0.5, 0.6) is 0 Å². The zero-order valence-electron chi connectivity index (χ0n) is 9.88. The van der Waals surface area contributed by atoms with Crippen molar-refractivity contribution < 1.29 is 8.42 Å². The Morgan fingerprint density at radius 2 is 2.06 bits per heavy atom.